The van der Waals surface area contributed by atoms with Gasteiger partial charge in [-0.1, -0.05) is 12.2 Å². The molecule has 116 valence electrons. The summed E-state index contributed by atoms with van der Waals surface area (Å²) in [7, 11) is 0. The summed E-state index contributed by atoms with van der Waals surface area (Å²) < 4.78 is 5.31. The molecule has 1 saturated heterocycles. The number of ether oxygens (including phenoxy) is 1. The molecule has 0 saturated carbocycles. The Morgan fingerprint density at radius 1 is 1.57 bits per heavy atom. The van der Waals surface area contributed by atoms with E-state index < -0.39 is 5.41 Å². The van der Waals surface area contributed by atoms with Gasteiger partial charge in [0.15, 0.2) is 0 Å². The highest BCUT2D eigenvalue weighted by atomic mass is 32.1. The fourth-order valence-corrected chi connectivity index (χ4v) is 2.88. The summed E-state index contributed by atoms with van der Waals surface area (Å²) in [5.41, 5.74) is 7.32. The summed E-state index contributed by atoms with van der Waals surface area (Å²) in [4.78, 5) is 12.7. The van der Waals surface area contributed by atoms with Crippen LogP contribution in [0.5, 0.6) is 0 Å². The molecule has 0 atom stereocenters. The van der Waals surface area contributed by atoms with Gasteiger partial charge in [0.25, 0.3) is 0 Å². The molecular formula is C14H22N4O2S. The second kappa shape index (κ2) is 7.00. The molecular weight excluding hydrogens is 288 g/mol. The minimum Gasteiger partial charge on any atom is -0.392 e. The van der Waals surface area contributed by atoms with Gasteiger partial charge in [-0.2, -0.15) is 5.10 Å². The summed E-state index contributed by atoms with van der Waals surface area (Å²) >= 11 is 5.11. The minimum absolute atomic E-state index is 0.0674. The average Bonchev–Trinajstić information content (AvgIpc) is 2.89. The maximum absolute atomic E-state index is 12.4. The lowest BCUT2D eigenvalue weighted by Gasteiger charge is -2.34. The highest BCUT2D eigenvalue weighted by Crippen LogP contribution is 2.31. The number of aromatic amines is 1. The fourth-order valence-electron chi connectivity index (χ4n) is 2.58. The van der Waals surface area contributed by atoms with Crippen LogP contribution >= 0.6 is 12.2 Å². The third-order valence-corrected chi connectivity index (χ3v) is 4.49. The van der Waals surface area contributed by atoms with Crippen LogP contribution in [0.2, 0.25) is 0 Å². The largest absolute Gasteiger partial charge is 0.392 e. The van der Waals surface area contributed by atoms with Crippen molar-refractivity contribution in [3.05, 3.63) is 17.5 Å². The molecule has 1 aromatic rings. The third-order valence-electron chi connectivity index (χ3n) is 4.10. The number of aryl methyl sites for hydroxylation is 2. The van der Waals surface area contributed by atoms with Crippen LogP contribution in [0.1, 0.15) is 30.5 Å². The van der Waals surface area contributed by atoms with E-state index in [0.29, 0.717) is 32.6 Å². The normalized spacial score (nSPS) is 17.4. The van der Waals surface area contributed by atoms with Gasteiger partial charge < -0.3 is 15.8 Å². The van der Waals surface area contributed by atoms with E-state index in [0.717, 1.165) is 18.5 Å². The zero-order chi connectivity index (χ0) is 15.3. The fraction of sp³-hybridized carbons (Fsp3) is 0.643. The van der Waals surface area contributed by atoms with Crippen molar-refractivity contribution in [2.24, 2.45) is 11.1 Å². The van der Waals surface area contributed by atoms with Gasteiger partial charge in [0.05, 0.1) is 11.2 Å². The van der Waals surface area contributed by atoms with E-state index in [1.807, 2.05) is 13.1 Å². The molecule has 1 aliphatic heterocycles. The first kappa shape index (κ1) is 15.9. The predicted octanol–water partition coefficient (Wildman–Crippen LogP) is 0.850. The second-order valence-corrected chi connectivity index (χ2v) is 5.88. The van der Waals surface area contributed by atoms with E-state index in [1.165, 1.54) is 5.56 Å². The number of rotatable bonds is 6. The number of H-pyrrole nitrogens is 1. The molecule has 6 nitrogen and oxygen atoms in total. The SMILES string of the molecule is Cc1[nH]ncc1CCCNC(=O)C1(C(N)=S)CCOCC1. The van der Waals surface area contributed by atoms with Gasteiger partial charge in [0.1, 0.15) is 5.41 Å². The van der Waals surface area contributed by atoms with Crippen LogP contribution < -0.4 is 11.1 Å². The Balaban J connectivity index is 1.82. The predicted molar refractivity (Wildman–Crippen MR) is 83.9 cm³/mol. The molecule has 1 aromatic heterocycles. The third kappa shape index (κ3) is 3.59. The summed E-state index contributed by atoms with van der Waals surface area (Å²) in [5, 5.41) is 9.85. The van der Waals surface area contributed by atoms with E-state index >= 15 is 0 Å². The van der Waals surface area contributed by atoms with Crippen LogP contribution in [0.3, 0.4) is 0 Å². The number of hydrogen-bond acceptors (Lipinski definition) is 4. The Morgan fingerprint density at radius 3 is 2.86 bits per heavy atom. The van der Waals surface area contributed by atoms with Crippen molar-refractivity contribution in [2.45, 2.75) is 32.6 Å². The number of hydrogen-bond donors (Lipinski definition) is 3. The number of amides is 1. The molecule has 1 amide bonds. The van der Waals surface area contributed by atoms with Crippen molar-refractivity contribution in [3.8, 4) is 0 Å². The quantitative estimate of drug-likeness (QED) is 0.535. The standard InChI is InChI=1S/C14H22N4O2S/c1-10-11(9-17-18-10)3-2-6-16-13(19)14(12(15)21)4-7-20-8-5-14/h9H,2-8H2,1H3,(H2,15,21)(H,16,19)(H,17,18). The molecule has 21 heavy (non-hydrogen) atoms. The van der Waals surface area contributed by atoms with Crippen molar-refractivity contribution < 1.29 is 9.53 Å². The monoisotopic (exact) mass is 310 g/mol. The minimum atomic E-state index is -0.737. The van der Waals surface area contributed by atoms with Crippen molar-refractivity contribution in [3.63, 3.8) is 0 Å². The summed E-state index contributed by atoms with van der Waals surface area (Å²) in [5.74, 6) is -0.0674. The van der Waals surface area contributed by atoms with Crippen LogP contribution in [0, 0.1) is 12.3 Å². The molecule has 1 fully saturated rings. The Hall–Kier alpha value is -1.47. The van der Waals surface area contributed by atoms with Gasteiger partial charge in [-0.15, -0.1) is 0 Å². The topological polar surface area (TPSA) is 93.0 Å². The Bertz CT molecular complexity index is 509. The first-order chi connectivity index (χ1) is 10.1. The van der Waals surface area contributed by atoms with Gasteiger partial charge in [0.2, 0.25) is 5.91 Å². The molecule has 2 heterocycles. The van der Waals surface area contributed by atoms with Crippen LogP contribution in [0.4, 0.5) is 0 Å². The zero-order valence-corrected chi connectivity index (χ0v) is 13.1. The second-order valence-electron chi connectivity index (χ2n) is 5.44. The van der Waals surface area contributed by atoms with Crippen LogP contribution in [-0.4, -0.2) is 40.9 Å². The lowest BCUT2D eigenvalue weighted by atomic mass is 9.79. The van der Waals surface area contributed by atoms with Crippen LogP contribution in [0.25, 0.3) is 0 Å². The molecule has 7 heteroatoms. The first-order valence-corrected chi connectivity index (χ1v) is 7.62. The van der Waals surface area contributed by atoms with E-state index in [-0.39, 0.29) is 10.9 Å². The molecule has 0 unspecified atom stereocenters. The maximum atomic E-state index is 12.4. The zero-order valence-electron chi connectivity index (χ0n) is 12.3. The van der Waals surface area contributed by atoms with Gasteiger partial charge in [-0.25, -0.2) is 0 Å². The average molecular weight is 310 g/mol. The summed E-state index contributed by atoms with van der Waals surface area (Å²) in [6.45, 7) is 3.65. The highest BCUT2D eigenvalue weighted by Gasteiger charge is 2.42. The van der Waals surface area contributed by atoms with Crippen molar-refractivity contribution in [1.82, 2.24) is 15.5 Å². The van der Waals surface area contributed by atoms with E-state index in [4.69, 9.17) is 22.7 Å². The molecule has 0 aromatic carbocycles. The van der Waals surface area contributed by atoms with Gasteiger partial charge in [-0.3, -0.25) is 9.89 Å². The first-order valence-electron chi connectivity index (χ1n) is 7.21. The van der Waals surface area contributed by atoms with Crippen molar-refractivity contribution in [2.75, 3.05) is 19.8 Å². The Kier molecular flexibility index (Phi) is 5.30. The van der Waals surface area contributed by atoms with Crippen molar-refractivity contribution in [1.29, 1.82) is 0 Å². The highest BCUT2D eigenvalue weighted by molar-refractivity contribution is 7.80. The van der Waals surface area contributed by atoms with Crippen molar-refractivity contribution >= 4 is 23.1 Å². The number of carbonyl (C=O) groups excluding carboxylic acids is 1. The number of nitrogens with one attached hydrogen (secondary N) is 2. The van der Waals surface area contributed by atoms with Gasteiger partial charge in [-0.05, 0) is 38.2 Å². The summed E-state index contributed by atoms with van der Waals surface area (Å²) in [6, 6.07) is 0. The Morgan fingerprint density at radius 2 is 2.29 bits per heavy atom. The van der Waals surface area contributed by atoms with E-state index in [9.17, 15) is 4.79 Å². The number of aromatic nitrogens is 2. The smallest absolute Gasteiger partial charge is 0.233 e. The molecule has 4 N–H and O–H groups in total. The lowest BCUT2D eigenvalue weighted by molar-refractivity contribution is -0.131. The molecule has 0 spiro atoms. The van der Waals surface area contributed by atoms with Gasteiger partial charge in [0, 0.05) is 25.5 Å². The molecule has 0 bridgehead atoms. The molecule has 2 rings (SSSR count). The molecule has 1 aliphatic rings. The number of nitrogens with two attached hydrogens (primary N) is 1. The van der Waals surface area contributed by atoms with Gasteiger partial charge >= 0.3 is 0 Å². The number of thiocarbonyl (C=S) groups is 1. The Labute approximate surface area is 129 Å². The summed E-state index contributed by atoms with van der Waals surface area (Å²) in [6.07, 6.45) is 4.69. The van der Waals surface area contributed by atoms with Crippen LogP contribution in [0.15, 0.2) is 6.20 Å². The van der Waals surface area contributed by atoms with E-state index in [2.05, 4.69) is 15.5 Å². The van der Waals surface area contributed by atoms with E-state index in [1.54, 1.807) is 0 Å². The molecule has 0 radical (unpaired) electrons. The van der Waals surface area contributed by atoms with Crippen LogP contribution in [-0.2, 0) is 16.0 Å². The number of carbonyl (C=O) groups is 1. The molecule has 0 aliphatic carbocycles. The maximum Gasteiger partial charge on any atom is 0.233 e. The lowest BCUT2D eigenvalue weighted by Crippen LogP contribution is -2.52. The number of nitrogens with zero attached hydrogens (tertiary/aromatic N) is 1.